The van der Waals surface area contributed by atoms with Gasteiger partial charge in [0.25, 0.3) is 0 Å². The molecule has 0 aliphatic heterocycles. The average molecular weight is 405 g/mol. The molecule has 1 aromatic heterocycles. The van der Waals surface area contributed by atoms with Gasteiger partial charge >= 0.3 is 0 Å². The van der Waals surface area contributed by atoms with E-state index in [-0.39, 0.29) is 6.10 Å². The summed E-state index contributed by atoms with van der Waals surface area (Å²) in [6.45, 7) is 8.03. The fraction of sp³-hybridized carbons (Fsp3) is 0.333. The maximum atomic E-state index is 10.3. The summed E-state index contributed by atoms with van der Waals surface area (Å²) in [6.07, 6.45) is 2.99. The van der Waals surface area contributed by atoms with Crippen LogP contribution in [0.25, 0.3) is 0 Å². The SMILES string of the molecule is Cc1ccccc1Nc1nc(Nc2cc3c(cc2OC(C)C)CCC3O)ncc1C. The van der Waals surface area contributed by atoms with Gasteiger partial charge in [-0.25, -0.2) is 4.98 Å². The van der Waals surface area contributed by atoms with E-state index in [2.05, 4.69) is 33.6 Å². The second-order valence-corrected chi connectivity index (χ2v) is 8.06. The van der Waals surface area contributed by atoms with Gasteiger partial charge in [0.05, 0.1) is 17.9 Å². The highest BCUT2D eigenvalue weighted by molar-refractivity contribution is 5.68. The summed E-state index contributed by atoms with van der Waals surface area (Å²) in [5.74, 6) is 1.96. The highest BCUT2D eigenvalue weighted by atomic mass is 16.5. The molecule has 0 saturated carbocycles. The third-order valence-corrected chi connectivity index (χ3v) is 5.27. The zero-order valence-electron chi connectivity index (χ0n) is 17.9. The molecule has 0 saturated heterocycles. The Balaban J connectivity index is 1.66. The number of hydrogen-bond donors (Lipinski definition) is 3. The van der Waals surface area contributed by atoms with Crippen LogP contribution in [-0.4, -0.2) is 21.2 Å². The van der Waals surface area contributed by atoms with Crippen molar-refractivity contribution in [3.8, 4) is 5.75 Å². The number of aliphatic hydroxyl groups is 1. The minimum Gasteiger partial charge on any atom is -0.489 e. The maximum absolute atomic E-state index is 10.3. The van der Waals surface area contributed by atoms with Crippen LogP contribution < -0.4 is 15.4 Å². The van der Waals surface area contributed by atoms with Crippen molar-refractivity contribution in [2.24, 2.45) is 0 Å². The molecule has 1 atom stereocenters. The lowest BCUT2D eigenvalue weighted by molar-refractivity contribution is 0.180. The molecule has 3 N–H and O–H groups in total. The third kappa shape index (κ3) is 4.24. The molecule has 1 unspecified atom stereocenters. The molecule has 1 heterocycles. The Labute approximate surface area is 177 Å². The minimum atomic E-state index is -0.439. The van der Waals surface area contributed by atoms with Gasteiger partial charge in [0.15, 0.2) is 0 Å². The summed E-state index contributed by atoms with van der Waals surface area (Å²) in [6, 6.07) is 12.1. The number of benzene rings is 2. The molecule has 0 spiro atoms. The van der Waals surface area contributed by atoms with Crippen molar-refractivity contribution in [2.45, 2.75) is 52.7 Å². The predicted molar refractivity (Wildman–Crippen MR) is 120 cm³/mol. The van der Waals surface area contributed by atoms with Crippen molar-refractivity contribution in [2.75, 3.05) is 10.6 Å². The monoisotopic (exact) mass is 404 g/mol. The van der Waals surface area contributed by atoms with Gasteiger partial charge < -0.3 is 20.5 Å². The van der Waals surface area contributed by atoms with Gasteiger partial charge in [-0.05, 0) is 75.4 Å². The summed E-state index contributed by atoms with van der Waals surface area (Å²) in [5.41, 5.74) is 5.94. The predicted octanol–water partition coefficient (Wildman–Crippen LogP) is 5.35. The number of nitrogens with zero attached hydrogens (tertiary/aromatic N) is 2. The fourth-order valence-electron chi connectivity index (χ4n) is 3.65. The highest BCUT2D eigenvalue weighted by Gasteiger charge is 2.23. The van der Waals surface area contributed by atoms with Crippen LogP contribution in [0.2, 0.25) is 0 Å². The van der Waals surface area contributed by atoms with Gasteiger partial charge in [-0.3, -0.25) is 0 Å². The molecule has 156 valence electrons. The van der Waals surface area contributed by atoms with E-state index in [1.165, 1.54) is 0 Å². The third-order valence-electron chi connectivity index (χ3n) is 5.27. The first-order valence-electron chi connectivity index (χ1n) is 10.4. The number of aryl methyl sites for hydroxylation is 3. The Kier molecular flexibility index (Phi) is 5.59. The van der Waals surface area contributed by atoms with Crippen molar-refractivity contribution in [1.29, 1.82) is 0 Å². The molecule has 0 amide bonds. The summed E-state index contributed by atoms with van der Waals surface area (Å²) >= 11 is 0. The first-order valence-corrected chi connectivity index (χ1v) is 10.4. The van der Waals surface area contributed by atoms with E-state index in [4.69, 9.17) is 4.74 Å². The maximum Gasteiger partial charge on any atom is 0.229 e. The zero-order valence-corrected chi connectivity index (χ0v) is 17.9. The zero-order chi connectivity index (χ0) is 21.3. The number of nitrogens with one attached hydrogen (secondary N) is 2. The molecule has 2 aromatic carbocycles. The highest BCUT2D eigenvalue weighted by Crippen LogP contribution is 2.39. The van der Waals surface area contributed by atoms with Crippen LogP contribution in [0.15, 0.2) is 42.6 Å². The van der Waals surface area contributed by atoms with Crippen LogP contribution in [-0.2, 0) is 6.42 Å². The molecule has 3 aromatic rings. The topological polar surface area (TPSA) is 79.3 Å². The summed E-state index contributed by atoms with van der Waals surface area (Å²) in [4.78, 5) is 9.14. The van der Waals surface area contributed by atoms with Gasteiger partial charge in [-0.15, -0.1) is 0 Å². The summed E-state index contributed by atoms with van der Waals surface area (Å²) in [5, 5.41) is 17.0. The van der Waals surface area contributed by atoms with Crippen LogP contribution in [0.3, 0.4) is 0 Å². The molecule has 1 aliphatic rings. The Bertz CT molecular complexity index is 1070. The van der Waals surface area contributed by atoms with E-state index >= 15 is 0 Å². The van der Waals surface area contributed by atoms with Crippen LogP contribution in [0.1, 0.15) is 48.6 Å². The van der Waals surface area contributed by atoms with Crippen molar-refractivity contribution in [3.63, 3.8) is 0 Å². The normalized spacial score (nSPS) is 15.2. The van der Waals surface area contributed by atoms with Crippen molar-refractivity contribution in [3.05, 3.63) is 64.8 Å². The van der Waals surface area contributed by atoms with E-state index in [1.807, 2.05) is 51.1 Å². The van der Waals surface area contributed by atoms with Gasteiger partial charge in [-0.1, -0.05) is 18.2 Å². The molecule has 6 heteroatoms. The van der Waals surface area contributed by atoms with Crippen molar-refractivity contribution < 1.29 is 9.84 Å². The van der Waals surface area contributed by atoms with Crippen LogP contribution >= 0.6 is 0 Å². The van der Waals surface area contributed by atoms with Crippen LogP contribution in [0.5, 0.6) is 5.75 Å². The number of rotatable bonds is 6. The number of ether oxygens (including phenoxy) is 1. The molecule has 4 rings (SSSR count). The van der Waals surface area contributed by atoms with Gasteiger partial charge in [0, 0.05) is 17.4 Å². The molecule has 6 nitrogen and oxygen atoms in total. The van der Waals surface area contributed by atoms with Gasteiger partial charge in [0.2, 0.25) is 5.95 Å². The lowest BCUT2D eigenvalue weighted by atomic mass is 10.1. The van der Waals surface area contributed by atoms with Crippen molar-refractivity contribution in [1.82, 2.24) is 9.97 Å². The number of anilines is 4. The number of aromatic nitrogens is 2. The summed E-state index contributed by atoms with van der Waals surface area (Å²) in [7, 11) is 0. The second kappa shape index (κ2) is 8.32. The largest absolute Gasteiger partial charge is 0.489 e. The second-order valence-electron chi connectivity index (χ2n) is 8.06. The lowest BCUT2D eigenvalue weighted by Gasteiger charge is -2.18. The molecule has 1 aliphatic carbocycles. The minimum absolute atomic E-state index is 0.0344. The van der Waals surface area contributed by atoms with Crippen LogP contribution in [0.4, 0.5) is 23.1 Å². The summed E-state index contributed by atoms with van der Waals surface area (Å²) < 4.78 is 6.03. The Morgan fingerprint density at radius 2 is 1.87 bits per heavy atom. The molecular weight excluding hydrogens is 376 g/mol. The molecular formula is C24H28N4O2. The average Bonchev–Trinajstić information content (AvgIpc) is 3.06. The first-order chi connectivity index (χ1) is 14.4. The number of para-hydroxylation sites is 1. The van der Waals surface area contributed by atoms with Gasteiger partial charge in [-0.2, -0.15) is 4.98 Å². The quantitative estimate of drug-likeness (QED) is 0.514. The number of hydrogen-bond acceptors (Lipinski definition) is 6. The Hall–Kier alpha value is -3.12. The standard InChI is InChI=1S/C24H28N4O2/c1-14(2)30-22-11-17-9-10-21(29)18(17)12-20(22)27-24-25-13-16(4)23(28-24)26-19-8-6-5-7-15(19)3/h5-8,11-14,21,29H,9-10H2,1-4H3,(H2,25,26,27,28). The number of fused-ring (bicyclic) bond motifs is 1. The molecule has 0 bridgehead atoms. The van der Waals surface area contributed by atoms with E-state index in [1.54, 1.807) is 6.20 Å². The van der Waals surface area contributed by atoms with E-state index in [0.29, 0.717) is 5.95 Å². The van der Waals surface area contributed by atoms with Gasteiger partial charge in [0.1, 0.15) is 11.6 Å². The number of aliphatic hydroxyl groups excluding tert-OH is 1. The van der Waals surface area contributed by atoms with E-state index in [9.17, 15) is 5.11 Å². The molecule has 0 fully saturated rings. The van der Waals surface area contributed by atoms with Crippen LogP contribution in [0, 0.1) is 13.8 Å². The first kappa shape index (κ1) is 20.2. The van der Waals surface area contributed by atoms with E-state index in [0.717, 1.165) is 58.0 Å². The lowest BCUT2D eigenvalue weighted by Crippen LogP contribution is -2.09. The fourth-order valence-corrected chi connectivity index (χ4v) is 3.65. The smallest absolute Gasteiger partial charge is 0.229 e. The van der Waals surface area contributed by atoms with Crippen molar-refractivity contribution >= 4 is 23.1 Å². The molecule has 0 radical (unpaired) electrons. The Morgan fingerprint density at radius 1 is 1.07 bits per heavy atom. The van der Waals surface area contributed by atoms with E-state index < -0.39 is 6.10 Å². The Morgan fingerprint density at radius 3 is 2.63 bits per heavy atom. The molecule has 30 heavy (non-hydrogen) atoms.